The minimum atomic E-state index is -0.246. The lowest BCUT2D eigenvalue weighted by atomic mass is 10.1. The molecule has 0 spiro atoms. The van der Waals surface area contributed by atoms with Gasteiger partial charge in [-0.3, -0.25) is 9.79 Å². The molecule has 2 aromatic rings. The van der Waals surface area contributed by atoms with E-state index in [4.69, 9.17) is 0 Å². The Morgan fingerprint density at radius 2 is 1.46 bits per heavy atom. The predicted octanol–water partition coefficient (Wildman–Crippen LogP) is 3.29. The molecule has 0 unspecified atom stereocenters. The summed E-state index contributed by atoms with van der Waals surface area (Å²) in [4.78, 5) is 15.9. The van der Waals surface area contributed by atoms with Crippen LogP contribution in [0, 0.1) is 11.7 Å². The fraction of sp³-hybridized carbons (Fsp3) is 0.300. The molecular formula is C20H25FN4O. The van der Waals surface area contributed by atoms with Crippen molar-refractivity contribution < 1.29 is 9.18 Å². The molecule has 0 aliphatic carbocycles. The number of benzene rings is 2. The third-order valence-electron chi connectivity index (χ3n) is 3.80. The zero-order valence-corrected chi connectivity index (χ0v) is 15.3. The molecule has 0 saturated heterocycles. The molecule has 0 aliphatic rings. The van der Waals surface area contributed by atoms with Gasteiger partial charge in [-0.2, -0.15) is 0 Å². The highest BCUT2D eigenvalue weighted by Gasteiger charge is 2.06. The van der Waals surface area contributed by atoms with E-state index in [2.05, 4.69) is 20.9 Å². The molecule has 138 valence electrons. The number of hydrogen-bond donors (Lipinski definition) is 3. The Kier molecular flexibility index (Phi) is 7.14. The first-order valence-electron chi connectivity index (χ1n) is 8.56. The number of nitrogens with one attached hydrogen (secondary N) is 3. The summed E-state index contributed by atoms with van der Waals surface area (Å²) in [5, 5.41) is 9.27. The van der Waals surface area contributed by atoms with E-state index >= 15 is 0 Å². The van der Waals surface area contributed by atoms with Crippen LogP contribution in [0.1, 0.15) is 25.0 Å². The summed E-state index contributed by atoms with van der Waals surface area (Å²) in [6.07, 6.45) is 0. The third kappa shape index (κ3) is 6.20. The maximum atomic E-state index is 12.9. The fourth-order valence-corrected chi connectivity index (χ4v) is 2.19. The number of rotatable bonds is 6. The molecule has 0 bridgehead atoms. The largest absolute Gasteiger partial charge is 0.352 e. The van der Waals surface area contributed by atoms with Crippen LogP contribution >= 0.6 is 0 Å². The summed E-state index contributed by atoms with van der Waals surface area (Å²) in [7, 11) is 1.70. The van der Waals surface area contributed by atoms with E-state index in [1.807, 2.05) is 38.1 Å². The van der Waals surface area contributed by atoms with Crippen LogP contribution in [0.5, 0.6) is 0 Å². The quantitative estimate of drug-likeness (QED) is 0.550. The van der Waals surface area contributed by atoms with Gasteiger partial charge in [0.1, 0.15) is 5.82 Å². The van der Waals surface area contributed by atoms with Crippen LogP contribution in [-0.2, 0) is 17.9 Å². The molecule has 0 heterocycles. The highest BCUT2D eigenvalue weighted by molar-refractivity contribution is 5.92. The van der Waals surface area contributed by atoms with Gasteiger partial charge in [0.05, 0.1) is 0 Å². The van der Waals surface area contributed by atoms with Crippen LogP contribution in [0.2, 0.25) is 0 Å². The Balaban J connectivity index is 1.82. The van der Waals surface area contributed by atoms with E-state index in [-0.39, 0.29) is 17.6 Å². The first-order valence-corrected chi connectivity index (χ1v) is 8.56. The molecule has 0 radical (unpaired) electrons. The predicted molar refractivity (Wildman–Crippen MR) is 103 cm³/mol. The van der Waals surface area contributed by atoms with Crippen LogP contribution in [0.4, 0.5) is 10.1 Å². The molecule has 6 heteroatoms. The van der Waals surface area contributed by atoms with E-state index in [1.165, 1.54) is 12.1 Å². The number of halogens is 1. The van der Waals surface area contributed by atoms with Gasteiger partial charge in [-0.15, -0.1) is 0 Å². The smallest absolute Gasteiger partial charge is 0.226 e. The summed E-state index contributed by atoms with van der Waals surface area (Å²) in [6, 6.07) is 14.0. The Labute approximate surface area is 153 Å². The number of carbonyl (C=O) groups excluding carboxylic acids is 1. The van der Waals surface area contributed by atoms with Crippen molar-refractivity contribution in [3.8, 4) is 0 Å². The fourth-order valence-electron chi connectivity index (χ4n) is 2.19. The number of hydrogen-bond acceptors (Lipinski definition) is 2. The number of carbonyl (C=O) groups is 1. The second kappa shape index (κ2) is 9.56. The van der Waals surface area contributed by atoms with Gasteiger partial charge in [0.15, 0.2) is 5.96 Å². The lowest BCUT2D eigenvalue weighted by Gasteiger charge is -2.13. The normalized spacial score (nSPS) is 11.3. The summed E-state index contributed by atoms with van der Waals surface area (Å²) in [5.41, 5.74) is 2.82. The van der Waals surface area contributed by atoms with E-state index < -0.39 is 0 Å². The second-order valence-electron chi connectivity index (χ2n) is 6.25. The number of amides is 1. The van der Waals surface area contributed by atoms with Crippen molar-refractivity contribution in [1.82, 2.24) is 10.6 Å². The number of anilines is 1. The summed E-state index contributed by atoms with van der Waals surface area (Å²) in [5.74, 6) is 0.365. The molecular weight excluding hydrogens is 331 g/mol. The van der Waals surface area contributed by atoms with E-state index in [1.54, 1.807) is 19.2 Å². The monoisotopic (exact) mass is 356 g/mol. The third-order valence-corrected chi connectivity index (χ3v) is 3.80. The number of nitrogens with zero attached hydrogens (tertiary/aromatic N) is 1. The lowest BCUT2D eigenvalue weighted by molar-refractivity contribution is -0.118. The van der Waals surface area contributed by atoms with Crippen LogP contribution in [0.25, 0.3) is 0 Å². The van der Waals surface area contributed by atoms with Crippen molar-refractivity contribution in [2.75, 3.05) is 12.4 Å². The molecule has 0 saturated carbocycles. The Morgan fingerprint density at radius 3 is 1.92 bits per heavy atom. The van der Waals surface area contributed by atoms with Gasteiger partial charge in [0, 0.05) is 31.7 Å². The van der Waals surface area contributed by atoms with Crippen LogP contribution in [0.3, 0.4) is 0 Å². The molecule has 0 aliphatic heterocycles. The average molecular weight is 356 g/mol. The Bertz CT molecular complexity index is 739. The van der Waals surface area contributed by atoms with Gasteiger partial charge in [-0.25, -0.2) is 4.39 Å². The minimum Gasteiger partial charge on any atom is -0.352 e. The van der Waals surface area contributed by atoms with E-state index in [9.17, 15) is 9.18 Å². The van der Waals surface area contributed by atoms with E-state index in [0.717, 1.165) is 16.8 Å². The molecule has 0 aromatic heterocycles. The highest BCUT2D eigenvalue weighted by atomic mass is 19.1. The van der Waals surface area contributed by atoms with Crippen LogP contribution < -0.4 is 16.0 Å². The molecule has 26 heavy (non-hydrogen) atoms. The van der Waals surface area contributed by atoms with Gasteiger partial charge in [-0.05, 0) is 35.4 Å². The van der Waals surface area contributed by atoms with Crippen LogP contribution in [0.15, 0.2) is 53.5 Å². The van der Waals surface area contributed by atoms with Crippen LogP contribution in [-0.4, -0.2) is 18.9 Å². The van der Waals surface area contributed by atoms with Crippen molar-refractivity contribution in [2.24, 2.45) is 10.9 Å². The zero-order chi connectivity index (χ0) is 18.9. The summed E-state index contributed by atoms with van der Waals surface area (Å²) in [6.45, 7) is 4.87. The molecule has 3 N–H and O–H groups in total. The number of guanidine groups is 1. The maximum Gasteiger partial charge on any atom is 0.226 e. The van der Waals surface area contributed by atoms with Crippen molar-refractivity contribution in [3.63, 3.8) is 0 Å². The molecule has 0 fully saturated rings. The van der Waals surface area contributed by atoms with Gasteiger partial charge in [0.25, 0.3) is 0 Å². The molecule has 0 atom stereocenters. The molecule has 1 amide bonds. The second-order valence-corrected chi connectivity index (χ2v) is 6.25. The Hall–Kier alpha value is -2.89. The highest BCUT2D eigenvalue weighted by Crippen LogP contribution is 2.11. The SMILES string of the molecule is CN=C(NCc1ccc(F)cc1)NCc1ccc(NC(=O)C(C)C)cc1. The minimum absolute atomic E-state index is 0.00118. The zero-order valence-electron chi connectivity index (χ0n) is 15.3. The van der Waals surface area contributed by atoms with Crippen molar-refractivity contribution in [3.05, 3.63) is 65.5 Å². The Morgan fingerprint density at radius 1 is 0.962 bits per heavy atom. The van der Waals surface area contributed by atoms with Gasteiger partial charge >= 0.3 is 0 Å². The summed E-state index contributed by atoms with van der Waals surface area (Å²) < 4.78 is 12.9. The van der Waals surface area contributed by atoms with Gasteiger partial charge < -0.3 is 16.0 Å². The molecule has 5 nitrogen and oxygen atoms in total. The first-order chi connectivity index (χ1) is 12.5. The topological polar surface area (TPSA) is 65.5 Å². The standard InChI is InChI=1S/C20H25FN4O/c1-14(2)19(26)25-18-10-6-16(7-11-18)13-24-20(22-3)23-12-15-4-8-17(21)9-5-15/h4-11,14H,12-13H2,1-3H3,(H,25,26)(H2,22,23,24). The van der Waals surface area contributed by atoms with Crippen molar-refractivity contribution >= 4 is 17.6 Å². The van der Waals surface area contributed by atoms with Crippen molar-refractivity contribution in [1.29, 1.82) is 0 Å². The first kappa shape index (κ1) is 19.4. The van der Waals surface area contributed by atoms with Gasteiger partial charge in [0.2, 0.25) is 5.91 Å². The van der Waals surface area contributed by atoms with Crippen molar-refractivity contribution in [2.45, 2.75) is 26.9 Å². The van der Waals surface area contributed by atoms with Gasteiger partial charge in [-0.1, -0.05) is 38.1 Å². The number of aliphatic imine (C=N–C) groups is 1. The average Bonchev–Trinajstić information content (AvgIpc) is 2.64. The lowest BCUT2D eigenvalue weighted by Crippen LogP contribution is -2.36. The maximum absolute atomic E-state index is 12.9. The summed E-state index contributed by atoms with van der Waals surface area (Å²) >= 11 is 0. The van der Waals surface area contributed by atoms with E-state index in [0.29, 0.717) is 19.0 Å². The molecule has 2 aromatic carbocycles. The molecule has 2 rings (SSSR count).